The number of aliphatic hydroxyl groups excluding tert-OH is 1. The number of furan rings is 1. The van der Waals surface area contributed by atoms with Crippen molar-refractivity contribution in [3.8, 4) is 0 Å². The van der Waals surface area contributed by atoms with E-state index in [1.165, 1.54) is 0 Å². The van der Waals surface area contributed by atoms with Gasteiger partial charge in [0.2, 0.25) is 0 Å². The fourth-order valence-electron chi connectivity index (χ4n) is 1.82. The quantitative estimate of drug-likeness (QED) is 0.789. The van der Waals surface area contributed by atoms with Crippen LogP contribution < -0.4 is 0 Å². The third kappa shape index (κ3) is 1.32. The number of hydrogen-bond acceptors (Lipinski definition) is 2. The monoisotopic (exact) mass is 190 g/mol. The molecule has 0 saturated carbocycles. The fourth-order valence-corrected chi connectivity index (χ4v) is 1.82. The fraction of sp³-hybridized carbons (Fsp3) is 0.333. The van der Waals surface area contributed by atoms with Crippen LogP contribution in [0.1, 0.15) is 31.3 Å². The third-order valence-electron chi connectivity index (χ3n) is 2.46. The highest BCUT2D eigenvalue weighted by Crippen LogP contribution is 2.29. The van der Waals surface area contributed by atoms with Gasteiger partial charge in [0.1, 0.15) is 17.4 Å². The first-order valence-electron chi connectivity index (χ1n) is 4.92. The molecule has 0 aliphatic rings. The van der Waals surface area contributed by atoms with Crippen molar-refractivity contribution in [2.45, 2.75) is 26.4 Å². The molecule has 1 N–H and O–H groups in total. The van der Waals surface area contributed by atoms with Gasteiger partial charge in [-0.05, 0) is 19.4 Å². The van der Waals surface area contributed by atoms with Gasteiger partial charge in [0.15, 0.2) is 0 Å². The summed E-state index contributed by atoms with van der Waals surface area (Å²) in [5, 5.41) is 10.7. The van der Waals surface area contributed by atoms with Gasteiger partial charge in [-0.15, -0.1) is 0 Å². The van der Waals surface area contributed by atoms with E-state index in [4.69, 9.17) is 4.42 Å². The maximum absolute atomic E-state index is 9.54. The first-order chi connectivity index (χ1) is 6.74. The molecule has 0 spiro atoms. The summed E-state index contributed by atoms with van der Waals surface area (Å²) in [7, 11) is 0. The number of para-hydroxylation sites is 1. The zero-order valence-electron chi connectivity index (χ0n) is 8.45. The van der Waals surface area contributed by atoms with Crippen molar-refractivity contribution in [2.24, 2.45) is 0 Å². The van der Waals surface area contributed by atoms with E-state index in [9.17, 15) is 5.11 Å². The lowest BCUT2D eigenvalue weighted by atomic mass is 10.1. The molecule has 1 aromatic carbocycles. The summed E-state index contributed by atoms with van der Waals surface area (Å²) in [5.41, 5.74) is 1.98. The summed E-state index contributed by atoms with van der Waals surface area (Å²) in [6, 6.07) is 7.89. The van der Waals surface area contributed by atoms with Crippen LogP contribution in [0.2, 0.25) is 0 Å². The molecule has 2 heteroatoms. The molecule has 14 heavy (non-hydrogen) atoms. The molecule has 2 aromatic rings. The van der Waals surface area contributed by atoms with E-state index in [0.717, 1.165) is 23.0 Å². The van der Waals surface area contributed by atoms with Gasteiger partial charge in [0.25, 0.3) is 0 Å². The molecule has 2 rings (SSSR count). The molecule has 0 saturated heterocycles. The number of fused-ring (bicyclic) bond motifs is 1. The molecular formula is C12H14O2. The lowest BCUT2D eigenvalue weighted by Gasteiger charge is -2.01. The largest absolute Gasteiger partial charge is 0.458 e. The van der Waals surface area contributed by atoms with Crippen LogP contribution >= 0.6 is 0 Å². The SMILES string of the molecule is CCc1c([C@@H](C)O)oc2ccccc12. The number of rotatable bonds is 2. The predicted molar refractivity (Wildman–Crippen MR) is 56.2 cm³/mol. The van der Waals surface area contributed by atoms with E-state index in [0.29, 0.717) is 5.76 Å². The van der Waals surface area contributed by atoms with E-state index in [2.05, 4.69) is 6.92 Å². The second-order valence-electron chi connectivity index (χ2n) is 3.47. The zero-order valence-corrected chi connectivity index (χ0v) is 8.45. The molecule has 1 heterocycles. The number of hydrogen-bond donors (Lipinski definition) is 1. The van der Waals surface area contributed by atoms with Gasteiger partial charge in [-0.3, -0.25) is 0 Å². The van der Waals surface area contributed by atoms with Crippen LogP contribution in [0.5, 0.6) is 0 Å². The van der Waals surface area contributed by atoms with Gasteiger partial charge < -0.3 is 9.52 Å². The van der Waals surface area contributed by atoms with E-state index < -0.39 is 6.10 Å². The molecule has 0 aliphatic heterocycles. The second-order valence-corrected chi connectivity index (χ2v) is 3.47. The maximum Gasteiger partial charge on any atom is 0.136 e. The molecule has 0 amide bonds. The summed E-state index contributed by atoms with van der Waals surface area (Å²) < 4.78 is 5.60. The van der Waals surface area contributed by atoms with Crippen molar-refractivity contribution in [3.63, 3.8) is 0 Å². The van der Waals surface area contributed by atoms with Crippen LogP contribution in [0.3, 0.4) is 0 Å². The maximum atomic E-state index is 9.54. The Labute approximate surface area is 83.2 Å². The number of aliphatic hydroxyl groups is 1. The number of benzene rings is 1. The van der Waals surface area contributed by atoms with Crippen LogP contribution in [-0.4, -0.2) is 5.11 Å². The third-order valence-corrected chi connectivity index (χ3v) is 2.46. The Bertz CT molecular complexity index is 441. The second kappa shape index (κ2) is 3.46. The highest BCUT2D eigenvalue weighted by Gasteiger charge is 2.15. The predicted octanol–water partition coefficient (Wildman–Crippen LogP) is 3.05. The normalized spacial score (nSPS) is 13.4. The molecule has 0 bridgehead atoms. The highest BCUT2D eigenvalue weighted by molar-refractivity contribution is 5.82. The van der Waals surface area contributed by atoms with Crippen LogP contribution in [0.4, 0.5) is 0 Å². The topological polar surface area (TPSA) is 33.4 Å². The van der Waals surface area contributed by atoms with Gasteiger partial charge in [-0.1, -0.05) is 25.1 Å². The molecule has 0 aliphatic carbocycles. The average molecular weight is 190 g/mol. The molecule has 1 aromatic heterocycles. The van der Waals surface area contributed by atoms with Crippen molar-refractivity contribution < 1.29 is 9.52 Å². The van der Waals surface area contributed by atoms with Crippen LogP contribution in [0.15, 0.2) is 28.7 Å². The van der Waals surface area contributed by atoms with Crippen LogP contribution in [0.25, 0.3) is 11.0 Å². The molecule has 1 atom stereocenters. The van der Waals surface area contributed by atoms with Crippen molar-refractivity contribution in [1.82, 2.24) is 0 Å². The van der Waals surface area contributed by atoms with Gasteiger partial charge in [0.05, 0.1) is 0 Å². The van der Waals surface area contributed by atoms with Crippen molar-refractivity contribution in [1.29, 1.82) is 0 Å². The molecule has 2 nitrogen and oxygen atoms in total. The summed E-state index contributed by atoms with van der Waals surface area (Å²) in [5.74, 6) is 0.703. The molecule has 0 unspecified atom stereocenters. The van der Waals surface area contributed by atoms with Crippen molar-refractivity contribution in [3.05, 3.63) is 35.6 Å². The lowest BCUT2D eigenvalue weighted by molar-refractivity contribution is 0.170. The van der Waals surface area contributed by atoms with E-state index in [1.807, 2.05) is 24.3 Å². The molecule has 0 fully saturated rings. The van der Waals surface area contributed by atoms with Crippen LogP contribution in [0, 0.1) is 0 Å². The van der Waals surface area contributed by atoms with Crippen LogP contribution in [-0.2, 0) is 6.42 Å². The van der Waals surface area contributed by atoms with Gasteiger partial charge >= 0.3 is 0 Å². The first kappa shape index (κ1) is 9.28. The lowest BCUT2D eigenvalue weighted by Crippen LogP contribution is -1.92. The molecule has 74 valence electrons. The summed E-state index contributed by atoms with van der Waals surface area (Å²) in [4.78, 5) is 0. The minimum atomic E-state index is -0.530. The molecule has 0 radical (unpaired) electrons. The molecular weight excluding hydrogens is 176 g/mol. The van der Waals surface area contributed by atoms with Gasteiger partial charge in [0, 0.05) is 10.9 Å². The van der Waals surface area contributed by atoms with E-state index in [1.54, 1.807) is 6.92 Å². The Morgan fingerprint density at radius 1 is 1.36 bits per heavy atom. The van der Waals surface area contributed by atoms with Gasteiger partial charge in [-0.2, -0.15) is 0 Å². The van der Waals surface area contributed by atoms with Crippen molar-refractivity contribution in [2.75, 3.05) is 0 Å². The highest BCUT2D eigenvalue weighted by atomic mass is 16.4. The Morgan fingerprint density at radius 3 is 2.71 bits per heavy atom. The van der Waals surface area contributed by atoms with Gasteiger partial charge in [-0.25, -0.2) is 0 Å². The summed E-state index contributed by atoms with van der Waals surface area (Å²) in [6.07, 6.45) is 0.356. The number of aryl methyl sites for hydroxylation is 1. The zero-order chi connectivity index (χ0) is 10.1. The Morgan fingerprint density at radius 2 is 2.07 bits per heavy atom. The summed E-state index contributed by atoms with van der Waals surface area (Å²) in [6.45, 7) is 3.81. The average Bonchev–Trinajstić information content (AvgIpc) is 2.56. The van der Waals surface area contributed by atoms with E-state index in [-0.39, 0.29) is 0 Å². The Balaban J connectivity index is 2.72. The summed E-state index contributed by atoms with van der Waals surface area (Å²) >= 11 is 0. The minimum absolute atomic E-state index is 0.530. The Kier molecular flexibility index (Phi) is 2.30. The Hall–Kier alpha value is -1.28. The van der Waals surface area contributed by atoms with Crippen molar-refractivity contribution >= 4 is 11.0 Å². The standard InChI is InChI=1S/C12H14O2/c1-3-9-10-6-4-5-7-11(10)14-12(9)8(2)13/h4-8,13H,3H2,1-2H3/t8-/m1/s1. The minimum Gasteiger partial charge on any atom is -0.458 e. The van der Waals surface area contributed by atoms with E-state index >= 15 is 0 Å². The first-order valence-corrected chi connectivity index (χ1v) is 4.92. The smallest absolute Gasteiger partial charge is 0.136 e.